The zero-order valence-corrected chi connectivity index (χ0v) is 11.6. The zero-order chi connectivity index (χ0) is 14.5. The van der Waals surface area contributed by atoms with E-state index in [0.29, 0.717) is 30.8 Å². The maximum absolute atomic E-state index is 13.2. The summed E-state index contributed by atoms with van der Waals surface area (Å²) in [5.74, 6) is -0.0264. The molecule has 1 atom stereocenters. The topological polar surface area (TPSA) is 53.2 Å². The van der Waals surface area contributed by atoms with E-state index >= 15 is 0 Å². The summed E-state index contributed by atoms with van der Waals surface area (Å²) in [6.45, 7) is 5.75. The minimum atomic E-state index is -0.703. The minimum absolute atomic E-state index is 0.366. The number of halogens is 1. The van der Waals surface area contributed by atoms with Gasteiger partial charge >= 0.3 is 0 Å². The molecule has 1 aromatic rings. The number of aliphatic hydroxyl groups excluding tert-OH is 1. The molecule has 1 unspecified atom stereocenters. The Labute approximate surface area is 113 Å². The SMILES string of the molecule is CC(O)c1ccc(F)cc1OCCCC(C)(C)C#N. The van der Waals surface area contributed by atoms with Crippen LogP contribution in [-0.4, -0.2) is 11.7 Å². The van der Waals surface area contributed by atoms with Crippen molar-refractivity contribution in [2.75, 3.05) is 6.61 Å². The second kappa shape index (κ2) is 6.53. The molecular weight excluding hydrogens is 245 g/mol. The fraction of sp³-hybridized carbons (Fsp3) is 0.533. The standard InChI is InChI=1S/C15H20FNO2/c1-11(18)13-6-5-12(16)9-14(13)19-8-4-7-15(2,3)10-17/h5-6,9,11,18H,4,7-8H2,1-3H3. The minimum Gasteiger partial charge on any atom is -0.493 e. The summed E-state index contributed by atoms with van der Waals surface area (Å²) in [6, 6.07) is 6.32. The van der Waals surface area contributed by atoms with Crippen molar-refractivity contribution in [1.82, 2.24) is 0 Å². The summed E-state index contributed by atoms with van der Waals surface area (Å²) >= 11 is 0. The van der Waals surface area contributed by atoms with Crippen LogP contribution in [0.1, 0.15) is 45.3 Å². The van der Waals surface area contributed by atoms with Crippen molar-refractivity contribution >= 4 is 0 Å². The number of rotatable bonds is 6. The molecule has 0 saturated heterocycles. The van der Waals surface area contributed by atoms with Gasteiger partial charge in [0.05, 0.1) is 24.2 Å². The Balaban J connectivity index is 2.58. The molecule has 0 fully saturated rings. The maximum Gasteiger partial charge on any atom is 0.127 e. The second-order valence-corrected chi connectivity index (χ2v) is 5.31. The highest BCUT2D eigenvalue weighted by Crippen LogP contribution is 2.27. The Bertz CT molecular complexity index is 464. The van der Waals surface area contributed by atoms with E-state index in [9.17, 15) is 9.50 Å². The number of ether oxygens (including phenoxy) is 1. The second-order valence-electron chi connectivity index (χ2n) is 5.31. The molecular formula is C15H20FNO2. The van der Waals surface area contributed by atoms with Crippen LogP contribution in [0.15, 0.2) is 18.2 Å². The highest BCUT2D eigenvalue weighted by Gasteiger charge is 2.16. The van der Waals surface area contributed by atoms with Gasteiger partial charge < -0.3 is 9.84 Å². The van der Waals surface area contributed by atoms with Crippen LogP contribution in [-0.2, 0) is 0 Å². The van der Waals surface area contributed by atoms with Crippen molar-refractivity contribution in [2.45, 2.75) is 39.7 Å². The maximum atomic E-state index is 13.2. The van der Waals surface area contributed by atoms with Gasteiger partial charge in [-0.05, 0) is 45.7 Å². The molecule has 0 saturated carbocycles. The van der Waals surface area contributed by atoms with Crippen molar-refractivity contribution in [3.63, 3.8) is 0 Å². The average Bonchev–Trinajstić information content (AvgIpc) is 2.34. The monoisotopic (exact) mass is 265 g/mol. The summed E-state index contributed by atoms with van der Waals surface area (Å²) in [7, 11) is 0. The lowest BCUT2D eigenvalue weighted by atomic mass is 9.90. The van der Waals surface area contributed by atoms with Crippen molar-refractivity contribution in [3.8, 4) is 11.8 Å². The molecule has 0 bridgehead atoms. The van der Waals surface area contributed by atoms with E-state index in [4.69, 9.17) is 10.00 Å². The van der Waals surface area contributed by atoms with E-state index in [-0.39, 0.29) is 5.41 Å². The van der Waals surface area contributed by atoms with E-state index in [0.717, 1.165) is 0 Å². The molecule has 3 nitrogen and oxygen atoms in total. The summed E-state index contributed by atoms with van der Waals surface area (Å²) < 4.78 is 18.7. The molecule has 19 heavy (non-hydrogen) atoms. The van der Waals surface area contributed by atoms with Crippen LogP contribution in [0.25, 0.3) is 0 Å². The quantitative estimate of drug-likeness (QED) is 0.800. The molecule has 4 heteroatoms. The molecule has 1 rings (SSSR count). The van der Waals surface area contributed by atoms with Crippen molar-refractivity contribution in [1.29, 1.82) is 5.26 Å². The van der Waals surface area contributed by atoms with Crippen LogP contribution in [0, 0.1) is 22.6 Å². The highest BCUT2D eigenvalue weighted by molar-refractivity contribution is 5.35. The number of benzene rings is 1. The van der Waals surface area contributed by atoms with E-state index in [2.05, 4.69) is 6.07 Å². The first kappa shape index (κ1) is 15.5. The third kappa shape index (κ3) is 4.88. The fourth-order valence-electron chi connectivity index (χ4n) is 1.73. The van der Waals surface area contributed by atoms with Crippen LogP contribution in [0.5, 0.6) is 5.75 Å². The van der Waals surface area contributed by atoms with Gasteiger partial charge in [0.2, 0.25) is 0 Å². The Morgan fingerprint density at radius 3 is 2.74 bits per heavy atom. The predicted octanol–water partition coefficient (Wildman–Crippen LogP) is 3.59. The van der Waals surface area contributed by atoms with Gasteiger partial charge in [0.1, 0.15) is 11.6 Å². The van der Waals surface area contributed by atoms with Crippen LogP contribution >= 0.6 is 0 Å². The number of aliphatic hydroxyl groups is 1. The Hall–Kier alpha value is -1.60. The first-order valence-electron chi connectivity index (χ1n) is 6.37. The fourth-order valence-corrected chi connectivity index (χ4v) is 1.73. The van der Waals surface area contributed by atoms with Crippen molar-refractivity contribution in [3.05, 3.63) is 29.6 Å². The van der Waals surface area contributed by atoms with Gasteiger partial charge in [-0.3, -0.25) is 0 Å². The Kier molecular flexibility index (Phi) is 5.31. The Morgan fingerprint density at radius 2 is 2.16 bits per heavy atom. The molecule has 0 spiro atoms. The van der Waals surface area contributed by atoms with Gasteiger partial charge in [-0.15, -0.1) is 0 Å². The van der Waals surface area contributed by atoms with Crippen LogP contribution in [0.2, 0.25) is 0 Å². The van der Waals surface area contributed by atoms with Crippen molar-refractivity contribution in [2.24, 2.45) is 5.41 Å². The molecule has 1 N–H and O–H groups in total. The lowest BCUT2D eigenvalue weighted by Crippen LogP contribution is -2.10. The molecule has 0 aliphatic heterocycles. The van der Waals surface area contributed by atoms with Gasteiger partial charge in [0.25, 0.3) is 0 Å². The first-order chi connectivity index (χ1) is 8.85. The van der Waals surface area contributed by atoms with Gasteiger partial charge in [-0.2, -0.15) is 5.26 Å². The number of nitrogens with zero attached hydrogens (tertiary/aromatic N) is 1. The van der Waals surface area contributed by atoms with E-state index in [1.165, 1.54) is 18.2 Å². The van der Waals surface area contributed by atoms with Gasteiger partial charge in [0.15, 0.2) is 0 Å². The number of nitriles is 1. The highest BCUT2D eigenvalue weighted by atomic mass is 19.1. The normalized spacial score (nSPS) is 12.8. The van der Waals surface area contributed by atoms with Gasteiger partial charge in [-0.1, -0.05) is 0 Å². The summed E-state index contributed by atoms with van der Waals surface area (Å²) in [6.07, 6.45) is 0.713. The van der Waals surface area contributed by atoms with E-state index in [1.54, 1.807) is 6.92 Å². The van der Waals surface area contributed by atoms with E-state index in [1.807, 2.05) is 13.8 Å². The summed E-state index contributed by atoms with van der Waals surface area (Å²) in [5.41, 5.74) is 0.194. The molecule has 0 aromatic heterocycles. The van der Waals surface area contributed by atoms with Crippen molar-refractivity contribution < 1.29 is 14.2 Å². The van der Waals surface area contributed by atoms with E-state index < -0.39 is 11.9 Å². The molecule has 104 valence electrons. The predicted molar refractivity (Wildman–Crippen MR) is 71.2 cm³/mol. The molecule has 0 amide bonds. The number of hydrogen-bond donors (Lipinski definition) is 1. The largest absolute Gasteiger partial charge is 0.493 e. The summed E-state index contributed by atoms with van der Waals surface area (Å²) in [5, 5.41) is 18.5. The Morgan fingerprint density at radius 1 is 1.47 bits per heavy atom. The first-order valence-corrected chi connectivity index (χ1v) is 6.37. The van der Waals surface area contributed by atoms with Crippen LogP contribution in [0.3, 0.4) is 0 Å². The lowest BCUT2D eigenvalue weighted by molar-refractivity contribution is 0.189. The lowest BCUT2D eigenvalue weighted by Gasteiger charge is -2.16. The summed E-state index contributed by atoms with van der Waals surface area (Å²) in [4.78, 5) is 0. The third-order valence-electron chi connectivity index (χ3n) is 2.93. The average molecular weight is 265 g/mol. The van der Waals surface area contributed by atoms with Gasteiger partial charge in [-0.25, -0.2) is 4.39 Å². The van der Waals surface area contributed by atoms with Crippen LogP contribution in [0.4, 0.5) is 4.39 Å². The molecule has 0 heterocycles. The smallest absolute Gasteiger partial charge is 0.127 e. The zero-order valence-electron chi connectivity index (χ0n) is 11.6. The molecule has 0 aliphatic carbocycles. The molecule has 0 aliphatic rings. The number of hydrogen-bond acceptors (Lipinski definition) is 3. The third-order valence-corrected chi connectivity index (χ3v) is 2.93. The molecule has 1 aromatic carbocycles. The molecule has 0 radical (unpaired) electrons. The van der Waals surface area contributed by atoms with Gasteiger partial charge in [0, 0.05) is 11.6 Å². The van der Waals surface area contributed by atoms with Crippen LogP contribution < -0.4 is 4.74 Å².